The number of hydrogen-bond acceptors (Lipinski definition) is 6. The average Bonchev–Trinajstić information content (AvgIpc) is 2.99. The monoisotopic (exact) mass is 376 g/mol. The standard InChI is InChI=1S/C19H24N2O6/c1-5-27-18(23)16-14(10-6-7-12(25-3)13(8-10)26-4)15-11(9-19(16,2)24)20-21-17(15)22/h6-8,14,16,24H,5,9H2,1-4H3,(H2,20,21,22)/t14-,16-,19-/m1/s1. The maximum absolute atomic E-state index is 12.8. The third-order valence-corrected chi connectivity index (χ3v) is 5.05. The van der Waals surface area contributed by atoms with Gasteiger partial charge in [0.1, 0.15) is 0 Å². The van der Waals surface area contributed by atoms with Crippen LogP contribution in [0.1, 0.15) is 36.6 Å². The second-order valence-corrected chi connectivity index (χ2v) is 6.83. The summed E-state index contributed by atoms with van der Waals surface area (Å²) in [5, 5.41) is 16.4. The third-order valence-electron chi connectivity index (χ3n) is 5.05. The molecule has 2 aromatic rings. The van der Waals surface area contributed by atoms with Gasteiger partial charge >= 0.3 is 5.97 Å². The molecule has 0 saturated carbocycles. The Hall–Kier alpha value is -2.74. The SMILES string of the molecule is CCOC(=O)[C@H]1[C@H](c2ccc(OC)c(OC)c2)c2c([nH][nH]c2=O)C[C@@]1(C)O. The quantitative estimate of drug-likeness (QED) is 0.679. The number of carbonyl (C=O) groups is 1. The van der Waals surface area contributed by atoms with Crippen molar-refractivity contribution < 1.29 is 24.1 Å². The second-order valence-electron chi connectivity index (χ2n) is 6.83. The Kier molecular flexibility index (Phi) is 5.01. The maximum Gasteiger partial charge on any atom is 0.312 e. The largest absolute Gasteiger partial charge is 0.493 e. The van der Waals surface area contributed by atoms with Crippen LogP contribution in [-0.4, -0.2) is 47.7 Å². The molecular weight excluding hydrogens is 352 g/mol. The first kappa shape index (κ1) is 19.0. The predicted octanol–water partition coefficient (Wildman–Crippen LogP) is 1.34. The lowest BCUT2D eigenvalue weighted by Crippen LogP contribution is -2.50. The first-order valence-corrected chi connectivity index (χ1v) is 8.74. The van der Waals surface area contributed by atoms with E-state index in [1.54, 1.807) is 32.0 Å². The Morgan fingerprint density at radius 2 is 1.96 bits per heavy atom. The van der Waals surface area contributed by atoms with Gasteiger partial charge in [-0.05, 0) is 31.5 Å². The fraction of sp³-hybridized carbons (Fsp3) is 0.474. The minimum atomic E-state index is -1.40. The van der Waals surface area contributed by atoms with Crippen LogP contribution in [0, 0.1) is 5.92 Å². The van der Waals surface area contributed by atoms with E-state index in [4.69, 9.17) is 14.2 Å². The first-order chi connectivity index (χ1) is 12.8. The topological polar surface area (TPSA) is 114 Å². The lowest BCUT2D eigenvalue weighted by Gasteiger charge is -2.40. The first-order valence-electron chi connectivity index (χ1n) is 8.74. The van der Waals surface area contributed by atoms with Gasteiger partial charge in [-0.2, -0.15) is 0 Å². The van der Waals surface area contributed by atoms with Crippen molar-refractivity contribution >= 4 is 5.97 Å². The molecule has 0 saturated heterocycles. The fourth-order valence-electron chi connectivity index (χ4n) is 3.89. The molecule has 3 atom stereocenters. The summed E-state index contributed by atoms with van der Waals surface area (Å²) < 4.78 is 15.9. The van der Waals surface area contributed by atoms with Gasteiger partial charge in [0.25, 0.3) is 5.56 Å². The Morgan fingerprint density at radius 3 is 2.59 bits per heavy atom. The van der Waals surface area contributed by atoms with Crippen LogP contribution in [0.25, 0.3) is 0 Å². The summed E-state index contributed by atoms with van der Waals surface area (Å²) in [6.45, 7) is 3.46. The highest BCUT2D eigenvalue weighted by molar-refractivity contribution is 5.77. The number of fused-ring (bicyclic) bond motifs is 1. The summed E-state index contributed by atoms with van der Waals surface area (Å²) in [5.41, 5.74) is -0.0777. The second kappa shape index (κ2) is 7.11. The van der Waals surface area contributed by atoms with E-state index in [0.717, 1.165) is 0 Å². The van der Waals surface area contributed by atoms with E-state index in [-0.39, 0.29) is 18.6 Å². The highest BCUT2D eigenvalue weighted by Gasteiger charge is 2.51. The molecule has 1 aromatic heterocycles. The van der Waals surface area contributed by atoms with Gasteiger partial charge < -0.3 is 24.4 Å². The molecule has 1 aliphatic carbocycles. The van der Waals surface area contributed by atoms with E-state index in [1.165, 1.54) is 14.2 Å². The van der Waals surface area contributed by atoms with Crippen LogP contribution in [0.15, 0.2) is 23.0 Å². The van der Waals surface area contributed by atoms with Crippen LogP contribution in [0.3, 0.4) is 0 Å². The van der Waals surface area contributed by atoms with E-state index in [2.05, 4.69) is 10.2 Å². The summed E-state index contributed by atoms with van der Waals surface area (Å²) in [6.07, 6.45) is 0.133. The number of H-pyrrole nitrogens is 2. The molecule has 0 amide bonds. The molecule has 0 fully saturated rings. The molecule has 146 valence electrons. The van der Waals surface area contributed by atoms with Crippen molar-refractivity contribution in [3.63, 3.8) is 0 Å². The number of aromatic amines is 2. The van der Waals surface area contributed by atoms with Crippen molar-refractivity contribution in [3.05, 3.63) is 45.4 Å². The van der Waals surface area contributed by atoms with E-state index in [1.807, 2.05) is 0 Å². The molecule has 1 aromatic carbocycles. The number of hydrogen-bond donors (Lipinski definition) is 3. The van der Waals surface area contributed by atoms with Gasteiger partial charge in [-0.1, -0.05) is 6.07 Å². The number of nitrogens with one attached hydrogen (secondary N) is 2. The fourth-order valence-corrected chi connectivity index (χ4v) is 3.89. The number of ether oxygens (including phenoxy) is 3. The third kappa shape index (κ3) is 3.21. The summed E-state index contributed by atoms with van der Waals surface area (Å²) in [5.74, 6) is -1.19. The molecule has 0 aliphatic heterocycles. The number of esters is 1. The minimum Gasteiger partial charge on any atom is -0.493 e. The van der Waals surface area contributed by atoms with Gasteiger partial charge in [-0.25, -0.2) is 0 Å². The lowest BCUT2D eigenvalue weighted by molar-refractivity contribution is -0.159. The Balaban J connectivity index is 2.22. The van der Waals surface area contributed by atoms with Crippen molar-refractivity contribution in [1.82, 2.24) is 10.2 Å². The van der Waals surface area contributed by atoms with Crippen LogP contribution in [-0.2, 0) is 16.0 Å². The average molecular weight is 376 g/mol. The van der Waals surface area contributed by atoms with Gasteiger partial charge in [-0.3, -0.25) is 14.7 Å². The molecule has 3 rings (SSSR count). The number of aliphatic hydroxyl groups is 1. The molecule has 0 spiro atoms. The molecule has 27 heavy (non-hydrogen) atoms. The number of carbonyl (C=O) groups excluding carboxylic acids is 1. The van der Waals surface area contributed by atoms with Crippen molar-refractivity contribution in [2.24, 2.45) is 5.92 Å². The number of methoxy groups -OCH3 is 2. The highest BCUT2D eigenvalue weighted by atomic mass is 16.5. The van der Waals surface area contributed by atoms with Gasteiger partial charge in [0.05, 0.1) is 32.3 Å². The zero-order chi connectivity index (χ0) is 19.8. The van der Waals surface area contributed by atoms with Crippen LogP contribution in [0.4, 0.5) is 0 Å². The van der Waals surface area contributed by atoms with Crippen molar-refractivity contribution in [2.45, 2.75) is 31.8 Å². The van der Waals surface area contributed by atoms with E-state index in [9.17, 15) is 14.7 Å². The van der Waals surface area contributed by atoms with Crippen LogP contribution < -0.4 is 15.0 Å². The molecule has 0 bridgehead atoms. The zero-order valence-corrected chi connectivity index (χ0v) is 15.8. The van der Waals surface area contributed by atoms with Gasteiger partial charge in [-0.15, -0.1) is 0 Å². The van der Waals surface area contributed by atoms with Gasteiger partial charge in [0.15, 0.2) is 11.5 Å². The molecule has 1 heterocycles. The Labute approximate surface area is 156 Å². The van der Waals surface area contributed by atoms with Gasteiger partial charge in [0.2, 0.25) is 0 Å². The molecule has 3 N–H and O–H groups in total. The molecule has 8 nitrogen and oxygen atoms in total. The van der Waals surface area contributed by atoms with Crippen LogP contribution >= 0.6 is 0 Å². The van der Waals surface area contributed by atoms with E-state index >= 15 is 0 Å². The van der Waals surface area contributed by atoms with Crippen molar-refractivity contribution in [2.75, 3.05) is 20.8 Å². The number of rotatable bonds is 5. The summed E-state index contributed by atoms with van der Waals surface area (Å²) in [4.78, 5) is 25.2. The predicted molar refractivity (Wildman–Crippen MR) is 97.3 cm³/mol. The molecule has 0 radical (unpaired) electrons. The molecule has 0 unspecified atom stereocenters. The van der Waals surface area contributed by atoms with Crippen molar-refractivity contribution in [1.29, 1.82) is 0 Å². The van der Waals surface area contributed by atoms with E-state index in [0.29, 0.717) is 28.3 Å². The smallest absolute Gasteiger partial charge is 0.312 e. The van der Waals surface area contributed by atoms with Gasteiger partial charge in [0, 0.05) is 23.6 Å². The normalized spacial score (nSPS) is 24.2. The lowest BCUT2D eigenvalue weighted by atomic mass is 9.66. The highest BCUT2D eigenvalue weighted by Crippen LogP contribution is 2.46. The Bertz CT molecular complexity index is 898. The maximum atomic E-state index is 12.8. The Morgan fingerprint density at radius 1 is 1.26 bits per heavy atom. The zero-order valence-electron chi connectivity index (χ0n) is 15.8. The summed E-state index contributed by atoms with van der Waals surface area (Å²) in [6, 6.07) is 5.18. The van der Waals surface area contributed by atoms with Crippen molar-refractivity contribution in [3.8, 4) is 11.5 Å². The van der Waals surface area contributed by atoms with Crippen LogP contribution in [0.2, 0.25) is 0 Å². The number of benzene rings is 1. The number of aromatic nitrogens is 2. The molecule has 1 aliphatic rings. The van der Waals surface area contributed by atoms with Crippen LogP contribution in [0.5, 0.6) is 11.5 Å². The molecule has 8 heteroatoms. The summed E-state index contributed by atoms with van der Waals surface area (Å²) >= 11 is 0. The summed E-state index contributed by atoms with van der Waals surface area (Å²) in [7, 11) is 3.04. The molecular formula is C19H24N2O6. The minimum absolute atomic E-state index is 0.133. The van der Waals surface area contributed by atoms with E-state index < -0.39 is 23.4 Å².